The van der Waals surface area contributed by atoms with E-state index in [-0.39, 0.29) is 42.4 Å². The number of hydrazone groups is 1. The van der Waals surface area contributed by atoms with E-state index in [0.717, 1.165) is 11.1 Å². The van der Waals surface area contributed by atoms with Crippen molar-refractivity contribution in [1.82, 2.24) is 5.32 Å². The minimum atomic E-state index is -0.615. The van der Waals surface area contributed by atoms with Crippen molar-refractivity contribution < 1.29 is 13.9 Å². The van der Waals surface area contributed by atoms with Gasteiger partial charge in [0.15, 0.2) is 5.71 Å². The van der Waals surface area contributed by atoms with Crippen LogP contribution in [0, 0.1) is 17.1 Å². The number of aliphatic imine (C=N–C) groups is 1. The van der Waals surface area contributed by atoms with E-state index in [0.29, 0.717) is 5.56 Å². The largest absolute Gasteiger partial charge is 0.399 e. The van der Waals surface area contributed by atoms with Crippen molar-refractivity contribution in [3.63, 3.8) is 0 Å². The number of halogens is 1. The molecule has 2 aromatic carbocycles. The molecule has 1 amide bonds. The van der Waals surface area contributed by atoms with Crippen LogP contribution in [0.25, 0.3) is 5.70 Å². The van der Waals surface area contributed by atoms with E-state index in [1.54, 1.807) is 6.07 Å². The highest BCUT2D eigenvalue weighted by atomic mass is 19.1. The van der Waals surface area contributed by atoms with Crippen LogP contribution >= 0.6 is 0 Å². The van der Waals surface area contributed by atoms with Crippen LogP contribution in [0.3, 0.4) is 0 Å². The average molecular weight is 465 g/mol. The fourth-order valence-electron chi connectivity index (χ4n) is 3.02. The highest BCUT2D eigenvalue weighted by Crippen LogP contribution is 2.22. The van der Waals surface area contributed by atoms with Gasteiger partial charge < -0.3 is 21.6 Å². The summed E-state index contributed by atoms with van der Waals surface area (Å²) in [7, 11) is 1.46. The second kappa shape index (κ2) is 11.7. The van der Waals surface area contributed by atoms with Crippen LogP contribution in [0.15, 0.2) is 59.1 Å². The van der Waals surface area contributed by atoms with Crippen LogP contribution in [0.2, 0.25) is 0 Å². The molecule has 9 heteroatoms. The van der Waals surface area contributed by atoms with Gasteiger partial charge in [-0.15, -0.1) is 0 Å². The molecule has 0 aromatic heterocycles. The van der Waals surface area contributed by atoms with Gasteiger partial charge in [0.1, 0.15) is 5.82 Å². The number of nitrogens with two attached hydrogens (primary N) is 2. The summed E-state index contributed by atoms with van der Waals surface area (Å²) in [5.41, 5.74) is 7.85. The van der Waals surface area contributed by atoms with Crippen LogP contribution in [0.4, 0.5) is 4.39 Å². The van der Waals surface area contributed by atoms with Crippen molar-refractivity contribution >= 4 is 23.0 Å². The van der Waals surface area contributed by atoms with E-state index in [1.165, 1.54) is 19.2 Å². The summed E-state index contributed by atoms with van der Waals surface area (Å²) < 4.78 is 19.4. The maximum absolute atomic E-state index is 14.3. The van der Waals surface area contributed by atoms with Gasteiger partial charge in [-0.1, -0.05) is 43.0 Å². The minimum Gasteiger partial charge on any atom is -0.399 e. The predicted molar refractivity (Wildman–Crippen MR) is 131 cm³/mol. The Bertz CT molecular complexity index is 1150. The monoisotopic (exact) mass is 464 g/mol. The van der Waals surface area contributed by atoms with Crippen molar-refractivity contribution in [2.45, 2.75) is 32.4 Å². The van der Waals surface area contributed by atoms with Gasteiger partial charge in [-0.05, 0) is 36.6 Å². The van der Waals surface area contributed by atoms with Crippen LogP contribution < -0.4 is 16.9 Å². The molecular weight excluding hydrogens is 435 g/mol. The molecule has 0 aliphatic heterocycles. The predicted octanol–water partition coefficient (Wildman–Crippen LogP) is 2.77. The molecule has 0 fully saturated rings. The Morgan fingerprint density at radius 1 is 1.26 bits per heavy atom. The van der Waals surface area contributed by atoms with Gasteiger partial charge in [0.2, 0.25) is 0 Å². The lowest BCUT2D eigenvalue weighted by Crippen LogP contribution is -2.38. The summed E-state index contributed by atoms with van der Waals surface area (Å²) in [6, 6.07) is 14.1. The number of nitrogens with zero attached hydrogens (tertiary/aromatic N) is 3. The van der Waals surface area contributed by atoms with Crippen LogP contribution in [0.5, 0.6) is 0 Å². The second-order valence-electron chi connectivity index (χ2n) is 8.12. The Labute approximate surface area is 198 Å². The summed E-state index contributed by atoms with van der Waals surface area (Å²) in [5.74, 6) is 4.33. The first kappa shape index (κ1) is 26.2. The molecule has 0 unspecified atom stereocenters. The second-order valence-corrected chi connectivity index (χ2v) is 8.12. The zero-order valence-corrected chi connectivity index (χ0v) is 19.6. The van der Waals surface area contributed by atoms with Crippen LogP contribution in [0.1, 0.15) is 36.1 Å². The molecule has 5 N–H and O–H groups in total. The van der Waals surface area contributed by atoms with Gasteiger partial charge in [0, 0.05) is 24.9 Å². The zero-order chi connectivity index (χ0) is 25.3. The fraction of sp³-hybridized carbons (Fsp3) is 0.280. The van der Waals surface area contributed by atoms with Gasteiger partial charge in [-0.3, -0.25) is 9.79 Å². The van der Waals surface area contributed by atoms with Crippen molar-refractivity contribution in [3.05, 3.63) is 77.1 Å². The maximum Gasteiger partial charge on any atom is 0.273 e. The molecule has 0 aliphatic rings. The van der Waals surface area contributed by atoms with Gasteiger partial charge in [-0.2, -0.15) is 10.4 Å². The number of methoxy groups -OCH3 is 1. The molecule has 0 aliphatic carbocycles. The Balaban J connectivity index is 2.13. The van der Waals surface area contributed by atoms with Gasteiger partial charge in [0.25, 0.3) is 5.91 Å². The lowest BCUT2D eigenvalue weighted by atomic mass is 9.86. The van der Waals surface area contributed by atoms with Gasteiger partial charge >= 0.3 is 0 Å². The molecule has 0 bridgehead atoms. The number of nitrogens with one attached hydrogen (secondary N) is 1. The quantitative estimate of drug-likeness (QED) is 0.282. The van der Waals surface area contributed by atoms with E-state index < -0.39 is 17.1 Å². The standard InChI is InChI=1S/C25H29FN6O2/c1-16(28)18-7-8-19(21(26)11-18)13-31-24(33)23(32-29)22(14-34-4)30-12-17-5-9-20(10-6-17)25(2,3)15-27/h5-11H,1,12-14,28-29H2,2-4H3,(H,31,33)/b30-22?,32-23+. The van der Waals surface area contributed by atoms with Crippen molar-refractivity contribution in [2.24, 2.45) is 21.7 Å². The number of carbonyl (C=O) groups excluding carboxylic acids is 1. The van der Waals surface area contributed by atoms with Crippen molar-refractivity contribution in [3.8, 4) is 6.07 Å². The number of amides is 1. The smallest absolute Gasteiger partial charge is 0.273 e. The molecule has 2 rings (SSSR count). The molecule has 0 atom stereocenters. The third-order valence-corrected chi connectivity index (χ3v) is 5.17. The summed E-state index contributed by atoms with van der Waals surface area (Å²) in [5, 5.41) is 15.5. The Hall–Kier alpha value is -4.03. The minimum absolute atomic E-state index is 0.00463. The lowest BCUT2D eigenvalue weighted by Gasteiger charge is -2.15. The fourth-order valence-corrected chi connectivity index (χ4v) is 3.02. The van der Waals surface area contributed by atoms with E-state index in [9.17, 15) is 14.4 Å². The van der Waals surface area contributed by atoms with Gasteiger partial charge in [0.05, 0.1) is 30.3 Å². The van der Waals surface area contributed by atoms with Crippen LogP contribution in [-0.2, 0) is 28.0 Å². The van der Waals surface area contributed by atoms with E-state index >= 15 is 0 Å². The SMILES string of the molecule is C=C(N)c1ccc(CNC(=O)/C(=N/N)C(COC)=NCc2ccc(C(C)(C)C#N)cc2)c(F)c1. The topological polar surface area (TPSA) is 139 Å². The third kappa shape index (κ3) is 6.73. The molecule has 2 aromatic rings. The highest BCUT2D eigenvalue weighted by molar-refractivity contribution is 6.67. The Morgan fingerprint density at radius 3 is 2.47 bits per heavy atom. The van der Waals surface area contributed by atoms with Crippen molar-refractivity contribution in [2.75, 3.05) is 13.7 Å². The zero-order valence-electron chi connectivity index (χ0n) is 19.6. The van der Waals surface area contributed by atoms with Crippen LogP contribution in [-0.4, -0.2) is 31.0 Å². The molecule has 0 spiro atoms. The molecule has 0 heterocycles. The molecule has 0 saturated carbocycles. The highest BCUT2D eigenvalue weighted by Gasteiger charge is 2.20. The molecule has 0 saturated heterocycles. The Kier molecular flexibility index (Phi) is 9.04. The molecular formula is C25H29FN6O2. The number of hydrogen-bond acceptors (Lipinski definition) is 7. The summed E-state index contributed by atoms with van der Waals surface area (Å²) in [6.45, 7) is 7.42. The summed E-state index contributed by atoms with van der Waals surface area (Å²) >= 11 is 0. The van der Waals surface area contributed by atoms with E-state index in [2.05, 4.69) is 28.1 Å². The third-order valence-electron chi connectivity index (χ3n) is 5.17. The number of hydrogen-bond donors (Lipinski definition) is 3. The van der Waals surface area contributed by atoms with E-state index in [4.69, 9.17) is 16.3 Å². The molecule has 8 nitrogen and oxygen atoms in total. The Morgan fingerprint density at radius 2 is 1.94 bits per heavy atom. The van der Waals surface area contributed by atoms with Gasteiger partial charge in [-0.25, -0.2) is 4.39 Å². The van der Waals surface area contributed by atoms with E-state index in [1.807, 2.05) is 38.1 Å². The first-order valence-electron chi connectivity index (χ1n) is 10.5. The summed E-state index contributed by atoms with van der Waals surface area (Å²) in [4.78, 5) is 17.2. The number of ether oxygens (including phenoxy) is 1. The number of nitriles is 1. The van der Waals surface area contributed by atoms with Crippen molar-refractivity contribution in [1.29, 1.82) is 5.26 Å². The molecule has 178 valence electrons. The number of benzene rings is 2. The first-order chi connectivity index (χ1) is 16.1. The number of carbonyl (C=O) groups is 1. The average Bonchev–Trinajstić information content (AvgIpc) is 2.82. The molecule has 34 heavy (non-hydrogen) atoms. The summed E-state index contributed by atoms with van der Waals surface area (Å²) in [6.07, 6.45) is 0. The lowest BCUT2D eigenvalue weighted by molar-refractivity contribution is -0.114. The number of rotatable bonds is 10. The normalized spacial score (nSPS) is 12.2. The first-order valence-corrected chi connectivity index (χ1v) is 10.5. The maximum atomic E-state index is 14.3. The molecule has 0 radical (unpaired) electrons.